The van der Waals surface area contributed by atoms with Crippen LogP contribution in [0.1, 0.15) is 26.5 Å². The molecule has 0 aliphatic rings. The fourth-order valence-corrected chi connectivity index (χ4v) is 3.89. The van der Waals surface area contributed by atoms with Crippen LogP contribution in [0.3, 0.4) is 0 Å². The zero-order chi connectivity index (χ0) is 16.7. The number of nitrogens with zero attached hydrogens (tertiary/aromatic N) is 2. The predicted molar refractivity (Wildman–Crippen MR) is 104 cm³/mol. The van der Waals surface area contributed by atoms with Crippen LogP contribution >= 0.6 is 38.5 Å². The molecule has 0 saturated carbocycles. The number of rotatable bonds is 4. The van der Waals surface area contributed by atoms with Crippen molar-refractivity contribution in [1.29, 1.82) is 0 Å². The summed E-state index contributed by atoms with van der Waals surface area (Å²) in [6.45, 7) is 11.8. The summed E-state index contributed by atoms with van der Waals surface area (Å²) in [5, 5.41) is 0.192. The molecule has 7 heteroatoms. The van der Waals surface area contributed by atoms with E-state index in [0.29, 0.717) is 6.61 Å². The average Bonchev–Trinajstić information content (AvgIpc) is 2.71. The lowest BCUT2D eigenvalue weighted by molar-refractivity contribution is 0.270. The smallest absolute Gasteiger partial charge is 0.192 e. The Kier molecular flexibility index (Phi) is 5.31. The van der Waals surface area contributed by atoms with Crippen LogP contribution < -0.4 is 4.74 Å². The lowest BCUT2D eigenvalue weighted by Gasteiger charge is -2.36. The van der Waals surface area contributed by atoms with E-state index >= 15 is 0 Å². The second kappa shape index (κ2) is 6.41. The van der Waals surface area contributed by atoms with E-state index in [1.165, 1.54) is 0 Å². The minimum absolute atomic E-state index is 0.192. The van der Waals surface area contributed by atoms with E-state index in [0.717, 1.165) is 25.3 Å². The van der Waals surface area contributed by atoms with E-state index in [4.69, 9.17) is 9.16 Å². The lowest BCUT2D eigenvalue weighted by Crippen LogP contribution is -2.40. The normalized spacial score (nSPS) is 12.9. The monoisotopic (exact) mass is 496 g/mol. The molecule has 0 N–H and O–H groups in total. The minimum Gasteiger partial charge on any atom is -0.495 e. The van der Waals surface area contributed by atoms with Gasteiger partial charge in [-0.05, 0) is 62.7 Å². The Balaban J connectivity index is 2.40. The molecule has 4 nitrogen and oxygen atoms in total. The molecular formula is C15H22BrIN2O2Si. The standard InChI is InChI=1S/C15H22BrIN2O2Si/c1-15(2,3)22(5,6)21-9-12-13(17)18-14-11(16)7-10(20-4)8-19(12)14/h7-8H,9H2,1-6H3. The number of hydrogen-bond acceptors (Lipinski definition) is 3. The fraction of sp³-hybridized carbons (Fsp3) is 0.533. The van der Waals surface area contributed by atoms with Gasteiger partial charge in [0.25, 0.3) is 0 Å². The third kappa shape index (κ3) is 3.52. The third-order valence-corrected chi connectivity index (χ3v) is 10.2. The van der Waals surface area contributed by atoms with E-state index in [1.807, 2.05) is 12.3 Å². The van der Waals surface area contributed by atoms with Gasteiger partial charge < -0.3 is 9.16 Å². The summed E-state index contributed by atoms with van der Waals surface area (Å²) in [6, 6.07) is 1.93. The van der Waals surface area contributed by atoms with Crippen LogP contribution in [0.5, 0.6) is 5.75 Å². The lowest BCUT2D eigenvalue weighted by atomic mass is 10.2. The van der Waals surface area contributed by atoms with Crippen LogP contribution in [0, 0.1) is 3.70 Å². The van der Waals surface area contributed by atoms with Crippen molar-refractivity contribution in [3.63, 3.8) is 0 Å². The molecule has 0 spiro atoms. The summed E-state index contributed by atoms with van der Waals surface area (Å²) in [5.74, 6) is 0.793. The average molecular weight is 497 g/mol. The number of halogens is 2. The maximum atomic E-state index is 6.36. The summed E-state index contributed by atoms with van der Waals surface area (Å²) in [7, 11) is -0.126. The van der Waals surface area contributed by atoms with Gasteiger partial charge in [-0.2, -0.15) is 0 Å². The molecule has 0 aliphatic carbocycles. The highest BCUT2D eigenvalue weighted by Gasteiger charge is 2.37. The van der Waals surface area contributed by atoms with Gasteiger partial charge in [-0.3, -0.25) is 4.40 Å². The summed E-state index contributed by atoms with van der Waals surface area (Å²) in [5.41, 5.74) is 1.96. The Labute approximate surface area is 155 Å². The summed E-state index contributed by atoms with van der Waals surface area (Å²) < 4.78 is 15.6. The first kappa shape index (κ1) is 18.2. The van der Waals surface area contributed by atoms with E-state index < -0.39 is 8.32 Å². The molecule has 0 unspecified atom stereocenters. The number of hydrogen-bond donors (Lipinski definition) is 0. The van der Waals surface area contributed by atoms with Gasteiger partial charge in [0.15, 0.2) is 14.0 Å². The van der Waals surface area contributed by atoms with Crippen LogP contribution in [-0.4, -0.2) is 24.8 Å². The molecule has 0 fully saturated rings. The van der Waals surface area contributed by atoms with Crippen molar-refractivity contribution in [1.82, 2.24) is 9.38 Å². The zero-order valence-electron chi connectivity index (χ0n) is 13.8. The van der Waals surface area contributed by atoms with E-state index in [1.54, 1.807) is 7.11 Å². The highest BCUT2D eigenvalue weighted by molar-refractivity contribution is 14.1. The summed E-state index contributed by atoms with van der Waals surface area (Å²) in [6.07, 6.45) is 1.96. The van der Waals surface area contributed by atoms with Gasteiger partial charge >= 0.3 is 0 Å². The quantitative estimate of drug-likeness (QED) is 0.429. The third-order valence-electron chi connectivity index (χ3n) is 4.31. The van der Waals surface area contributed by atoms with Crippen molar-refractivity contribution < 1.29 is 9.16 Å². The minimum atomic E-state index is -1.79. The Hall–Kier alpha value is -0.123. The van der Waals surface area contributed by atoms with Crippen molar-refractivity contribution in [2.45, 2.75) is 45.5 Å². The predicted octanol–water partition coefficient (Wildman–Crippen LogP) is 5.23. The molecule has 0 saturated heterocycles. The maximum Gasteiger partial charge on any atom is 0.192 e. The number of ether oxygens (including phenoxy) is 1. The van der Waals surface area contributed by atoms with Crippen molar-refractivity contribution in [2.75, 3.05) is 7.11 Å². The van der Waals surface area contributed by atoms with Gasteiger partial charge in [-0.1, -0.05) is 20.8 Å². The topological polar surface area (TPSA) is 35.8 Å². The van der Waals surface area contributed by atoms with Crippen LogP contribution in [0.15, 0.2) is 16.7 Å². The first-order chi connectivity index (χ1) is 10.1. The van der Waals surface area contributed by atoms with Crippen molar-refractivity contribution in [2.24, 2.45) is 0 Å². The number of methoxy groups -OCH3 is 1. The first-order valence-electron chi connectivity index (χ1n) is 7.11. The van der Waals surface area contributed by atoms with Crippen LogP contribution in [0.2, 0.25) is 18.1 Å². The summed E-state index contributed by atoms with van der Waals surface area (Å²) in [4.78, 5) is 4.63. The molecule has 0 aromatic carbocycles. The number of fused-ring (bicyclic) bond motifs is 1. The molecule has 0 bridgehead atoms. The SMILES string of the molecule is COc1cc(Br)c2nc(I)c(CO[Si](C)(C)C(C)(C)C)n2c1. The van der Waals surface area contributed by atoms with Gasteiger partial charge in [0.2, 0.25) is 0 Å². The second-order valence-electron chi connectivity index (χ2n) is 6.82. The van der Waals surface area contributed by atoms with E-state index in [-0.39, 0.29) is 5.04 Å². The molecule has 0 radical (unpaired) electrons. The number of pyridine rings is 1. The first-order valence-corrected chi connectivity index (χ1v) is 11.9. The van der Waals surface area contributed by atoms with Crippen LogP contribution in [0.25, 0.3) is 5.65 Å². The van der Waals surface area contributed by atoms with Crippen molar-refractivity contribution in [3.05, 3.63) is 26.1 Å². The van der Waals surface area contributed by atoms with Gasteiger partial charge in [0.05, 0.1) is 30.1 Å². The molecule has 2 rings (SSSR count). The molecule has 2 aromatic rings. The van der Waals surface area contributed by atoms with Gasteiger partial charge in [-0.25, -0.2) is 4.98 Å². The van der Waals surface area contributed by atoms with Crippen LogP contribution in [0.4, 0.5) is 0 Å². The van der Waals surface area contributed by atoms with E-state index in [2.05, 4.69) is 81.8 Å². The van der Waals surface area contributed by atoms with Gasteiger partial charge in [0.1, 0.15) is 9.45 Å². The molecule has 2 heterocycles. The Morgan fingerprint density at radius 3 is 2.55 bits per heavy atom. The largest absolute Gasteiger partial charge is 0.495 e. The van der Waals surface area contributed by atoms with Crippen LogP contribution in [-0.2, 0) is 11.0 Å². The molecule has 22 heavy (non-hydrogen) atoms. The number of imidazole rings is 1. The zero-order valence-corrected chi connectivity index (χ0v) is 18.6. The van der Waals surface area contributed by atoms with E-state index in [9.17, 15) is 0 Å². The Morgan fingerprint density at radius 2 is 2.00 bits per heavy atom. The Morgan fingerprint density at radius 1 is 1.36 bits per heavy atom. The van der Waals surface area contributed by atoms with Crippen molar-refractivity contribution >= 4 is 52.5 Å². The van der Waals surface area contributed by atoms with Gasteiger partial charge in [0, 0.05) is 0 Å². The highest BCUT2D eigenvalue weighted by Crippen LogP contribution is 2.37. The molecule has 2 aromatic heterocycles. The molecule has 0 aliphatic heterocycles. The molecule has 122 valence electrons. The molecule has 0 atom stereocenters. The Bertz CT molecular complexity index is 695. The molecular weight excluding hydrogens is 475 g/mol. The molecule has 0 amide bonds. The summed E-state index contributed by atoms with van der Waals surface area (Å²) >= 11 is 5.83. The maximum absolute atomic E-state index is 6.36. The fourth-order valence-electron chi connectivity index (χ4n) is 1.81. The second-order valence-corrected chi connectivity index (χ2v) is 13.5. The number of aromatic nitrogens is 2. The highest BCUT2D eigenvalue weighted by atomic mass is 127. The van der Waals surface area contributed by atoms with Crippen molar-refractivity contribution in [3.8, 4) is 5.75 Å². The van der Waals surface area contributed by atoms with Gasteiger partial charge in [-0.15, -0.1) is 0 Å².